The third kappa shape index (κ3) is 6.69. The van der Waals surface area contributed by atoms with Crippen molar-refractivity contribution in [1.82, 2.24) is 5.32 Å². The number of hydrogen-bond donors (Lipinski definition) is 2. The first-order chi connectivity index (χ1) is 9.90. The van der Waals surface area contributed by atoms with Crippen molar-refractivity contribution in [2.45, 2.75) is 39.3 Å². The molecule has 0 aliphatic heterocycles. The van der Waals surface area contributed by atoms with E-state index in [2.05, 4.69) is 5.32 Å². The fourth-order valence-corrected chi connectivity index (χ4v) is 1.84. The summed E-state index contributed by atoms with van der Waals surface area (Å²) in [6.07, 6.45) is -0.612. The van der Waals surface area contributed by atoms with Crippen molar-refractivity contribution in [2.24, 2.45) is 5.92 Å². The molecule has 0 heterocycles. The quantitative estimate of drug-likeness (QED) is 0.725. The number of halogens is 1. The summed E-state index contributed by atoms with van der Waals surface area (Å²) in [5.74, 6) is -0.0929. The first-order valence-electron chi connectivity index (χ1n) is 7.20. The molecule has 2 N–H and O–H groups in total. The van der Waals surface area contributed by atoms with E-state index in [1.165, 1.54) is 24.3 Å². The second-order valence-electron chi connectivity index (χ2n) is 5.57. The van der Waals surface area contributed by atoms with Gasteiger partial charge in [-0.3, -0.25) is 4.79 Å². The third-order valence-corrected chi connectivity index (χ3v) is 3.00. The van der Waals surface area contributed by atoms with Crippen LogP contribution >= 0.6 is 0 Å². The Morgan fingerprint density at radius 2 is 1.90 bits per heavy atom. The number of ether oxygens (including phenoxy) is 1. The highest BCUT2D eigenvalue weighted by atomic mass is 19.1. The predicted octanol–water partition coefficient (Wildman–Crippen LogP) is 2.43. The van der Waals surface area contributed by atoms with E-state index < -0.39 is 12.1 Å². The van der Waals surface area contributed by atoms with Crippen molar-refractivity contribution in [3.8, 4) is 0 Å². The molecule has 0 aromatic heterocycles. The molecule has 2 unspecified atom stereocenters. The summed E-state index contributed by atoms with van der Waals surface area (Å²) in [4.78, 5) is 11.7. The van der Waals surface area contributed by atoms with E-state index in [9.17, 15) is 14.3 Å². The van der Waals surface area contributed by atoms with Crippen LogP contribution in [0, 0.1) is 11.7 Å². The molecule has 2 atom stereocenters. The molecule has 0 aliphatic rings. The fraction of sp³-hybridized carbons (Fsp3) is 0.562. The minimum atomic E-state index is -0.869. The molecule has 0 spiro atoms. The lowest BCUT2D eigenvalue weighted by Gasteiger charge is -2.20. The van der Waals surface area contributed by atoms with E-state index in [1.807, 2.05) is 13.8 Å². The summed E-state index contributed by atoms with van der Waals surface area (Å²) < 4.78 is 18.2. The van der Waals surface area contributed by atoms with Gasteiger partial charge in [-0.25, -0.2) is 4.39 Å². The lowest BCUT2D eigenvalue weighted by molar-refractivity contribution is -0.123. The third-order valence-electron chi connectivity index (χ3n) is 3.00. The highest BCUT2D eigenvalue weighted by Gasteiger charge is 2.18. The van der Waals surface area contributed by atoms with Crippen molar-refractivity contribution in [3.05, 3.63) is 35.6 Å². The van der Waals surface area contributed by atoms with Crippen LogP contribution < -0.4 is 5.32 Å². The van der Waals surface area contributed by atoms with Gasteiger partial charge in [0.1, 0.15) is 5.82 Å². The first kappa shape index (κ1) is 17.6. The van der Waals surface area contributed by atoms with Crippen molar-refractivity contribution in [2.75, 3.05) is 13.2 Å². The van der Waals surface area contributed by atoms with E-state index >= 15 is 0 Å². The highest BCUT2D eigenvalue weighted by Crippen LogP contribution is 2.17. The van der Waals surface area contributed by atoms with E-state index in [0.717, 1.165) is 0 Å². The van der Waals surface area contributed by atoms with Gasteiger partial charge in [0.25, 0.3) is 0 Å². The maximum Gasteiger partial charge on any atom is 0.222 e. The van der Waals surface area contributed by atoms with Crippen LogP contribution in [0.4, 0.5) is 4.39 Å². The summed E-state index contributed by atoms with van der Waals surface area (Å²) >= 11 is 0. The number of rotatable bonds is 8. The SMILES string of the molecule is CC(C)COCCC(=O)NC(C)C(O)c1ccc(F)cc1. The number of amides is 1. The average molecular weight is 297 g/mol. The van der Waals surface area contributed by atoms with Gasteiger partial charge < -0.3 is 15.2 Å². The number of carbonyl (C=O) groups excluding carboxylic acids is 1. The van der Waals surface area contributed by atoms with Gasteiger partial charge in [-0.2, -0.15) is 0 Å². The minimum absolute atomic E-state index is 0.174. The van der Waals surface area contributed by atoms with Gasteiger partial charge in [-0.1, -0.05) is 26.0 Å². The number of aliphatic hydroxyl groups excluding tert-OH is 1. The van der Waals surface area contributed by atoms with Crippen LogP contribution in [0.1, 0.15) is 38.9 Å². The lowest BCUT2D eigenvalue weighted by atomic mass is 10.0. The van der Waals surface area contributed by atoms with Gasteiger partial charge in [0, 0.05) is 13.0 Å². The molecule has 5 heteroatoms. The zero-order valence-corrected chi connectivity index (χ0v) is 12.8. The van der Waals surface area contributed by atoms with Crippen LogP contribution in [0.2, 0.25) is 0 Å². The molecule has 0 radical (unpaired) electrons. The maximum absolute atomic E-state index is 12.8. The van der Waals surface area contributed by atoms with Crippen LogP contribution in [0.25, 0.3) is 0 Å². The molecule has 0 saturated heterocycles. The second-order valence-corrected chi connectivity index (χ2v) is 5.57. The normalized spacial score (nSPS) is 14.0. The topological polar surface area (TPSA) is 58.6 Å². The van der Waals surface area contributed by atoms with Crippen LogP contribution in [-0.4, -0.2) is 30.3 Å². The molecule has 21 heavy (non-hydrogen) atoms. The maximum atomic E-state index is 12.8. The van der Waals surface area contributed by atoms with Crippen molar-refractivity contribution >= 4 is 5.91 Å². The zero-order chi connectivity index (χ0) is 15.8. The Kier molecular flexibility index (Phi) is 7.32. The van der Waals surface area contributed by atoms with Crippen LogP contribution in [-0.2, 0) is 9.53 Å². The van der Waals surface area contributed by atoms with E-state index in [1.54, 1.807) is 6.92 Å². The summed E-state index contributed by atoms with van der Waals surface area (Å²) in [6, 6.07) is 5.13. The Morgan fingerprint density at radius 3 is 2.48 bits per heavy atom. The Labute approximate surface area is 125 Å². The number of benzene rings is 1. The second kappa shape index (κ2) is 8.74. The largest absolute Gasteiger partial charge is 0.386 e. The smallest absolute Gasteiger partial charge is 0.222 e. The van der Waals surface area contributed by atoms with Gasteiger partial charge in [-0.15, -0.1) is 0 Å². The van der Waals surface area contributed by atoms with Crippen molar-refractivity contribution in [3.63, 3.8) is 0 Å². The van der Waals surface area contributed by atoms with E-state index in [-0.39, 0.29) is 18.1 Å². The van der Waals surface area contributed by atoms with E-state index in [4.69, 9.17) is 4.74 Å². The number of hydrogen-bond acceptors (Lipinski definition) is 3. The van der Waals surface area contributed by atoms with Crippen LogP contribution in [0.15, 0.2) is 24.3 Å². The molecule has 0 bridgehead atoms. The highest BCUT2D eigenvalue weighted by molar-refractivity contribution is 5.76. The summed E-state index contributed by atoms with van der Waals surface area (Å²) in [6.45, 7) is 6.79. The molecule has 0 saturated carbocycles. The molecule has 0 fully saturated rings. The predicted molar refractivity (Wildman–Crippen MR) is 79.2 cm³/mol. The van der Waals surface area contributed by atoms with Gasteiger partial charge in [0.05, 0.1) is 18.8 Å². The zero-order valence-electron chi connectivity index (χ0n) is 12.8. The lowest BCUT2D eigenvalue weighted by Crippen LogP contribution is -2.37. The Balaban J connectivity index is 2.36. The molecule has 1 aromatic carbocycles. The van der Waals surface area contributed by atoms with Crippen LogP contribution in [0.3, 0.4) is 0 Å². The van der Waals surface area contributed by atoms with Crippen molar-refractivity contribution in [1.29, 1.82) is 0 Å². The number of carbonyl (C=O) groups is 1. The Bertz CT molecular complexity index is 434. The molecular weight excluding hydrogens is 273 g/mol. The molecule has 1 rings (SSSR count). The van der Waals surface area contributed by atoms with E-state index in [0.29, 0.717) is 24.7 Å². The fourth-order valence-electron chi connectivity index (χ4n) is 1.84. The number of nitrogens with one attached hydrogen (secondary N) is 1. The summed E-state index contributed by atoms with van der Waals surface area (Å²) in [7, 11) is 0. The molecule has 4 nitrogen and oxygen atoms in total. The Hall–Kier alpha value is -1.46. The molecule has 118 valence electrons. The monoisotopic (exact) mass is 297 g/mol. The minimum Gasteiger partial charge on any atom is -0.386 e. The molecule has 1 amide bonds. The van der Waals surface area contributed by atoms with Crippen LogP contribution in [0.5, 0.6) is 0 Å². The summed E-state index contributed by atoms with van der Waals surface area (Å²) in [5, 5.41) is 12.8. The number of aliphatic hydroxyl groups is 1. The molecule has 0 aliphatic carbocycles. The average Bonchev–Trinajstić information content (AvgIpc) is 2.43. The molecule has 1 aromatic rings. The summed E-state index contributed by atoms with van der Waals surface area (Å²) in [5.41, 5.74) is 0.570. The van der Waals surface area contributed by atoms with Crippen molar-refractivity contribution < 1.29 is 19.0 Å². The van der Waals surface area contributed by atoms with Gasteiger partial charge in [-0.05, 0) is 30.5 Å². The Morgan fingerprint density at radius 1 is 1.29 bits per heavy atom. The van der Waals surface area contributed by atoms with Gasteiger partial charge in [0.2, 0.25) is 5.91 Å². The van der Waals surface area contributed by atoms with Gasteiger partial charge >= 0.3 is 0 Å². The molecular formula is C16H24FNO3. The standard InChI is InChI=1S/C16H24FNO3/c1-11(2)10-21-9-8-15(19)18-12(3)16(20)13-4-6-14(17)7-5-13/h4-7,11-12,16,20H,8-10H2,1-3H3,(H,18,19). The van der Waals surface area contributed by atoms with Gasteiger partial charge in [0.15, 0.2) is 0 Å². The first-order valence-corrected chi connectivity index (χ1v) is 7.20.